The lowest BCUT2D eigenvalue weighted by atomic mass is 9.85. The second kappa shape index (κ2) is 6.18. The van der Waals surface area contributed by atoms with Gasteiger partial charge in [-0.15, -0.1) is 0 Å². The van der Waals surface area contributed by atoms with Gasteiger partial charge in [0, 0.05) is 18.6 Å². The average molecular weight is 285 g/mol. The van der Waals surface area contributed by atoms with Gasteiger partial charge in [0.2, 0.25) is 0 Å². The van der Waals surface area contributed by atoms with E-state index in [-0.39, 0.29) is 24.5 Å². The van der Waals surface area contributed by atoms with Gasteiger partial charge in [-0.25, -0.2) is 4.98 Å². The summed E-state index contributed by atoms with van der Waals surface area (Å²) in [5, 5.41) is 12.4. The molecule has 1 fully saturated rings. The molecule has 0 saturated heterocycles. The smallest absolute Gasteiger partial charge is 0.271 e. The Morgan fingerprint density at radius 3 is 2.81 bits per heavy atom. The van der Waals surface area contributed by atoms with Crippen molar-refractivity contribution in [1.29, 1.82) is 0 Å². The standard InChI is InChI=1S/C16H19N3O2/c20-10-11-5-1-2-6-12(11)19-16(21)15-9-17-13-7-3-4-8-14(13)18-15/h3-4,7-9,11-12,20H,1-2,5-6,10H2,(H,19,21). The van der Waals surface area contributed by atoms with Crippen molar-refractivity contribution in [3.05, 3.63) is 36.2 Å². The van der Waals surface area contributed by atoms with E-state index in [9.17, 15) is 9.90 Å². The highest BCUT2D eigenvalue weighted by Gasteiger charge is 2.26. The number of nitrogens with zero attached hydrogens (tertiary/aromatic N) is 2. The van der Waals surface area contributed by atoms with Gasteiger partial charge in [-0.2, -0.15) is 0 Å². The molecule has 5 heteroatoms. The highest BCUT2D eigenvalue weighted by Crippen LogP contribution is 2.24. The van der Waals surface area contributed by atoms with Gasteiger partial charge >= 0.3 is 0 Å². The van der Waals surface area contributed by atoms with Crippen molar-refractivity contribution in [3.8, 4) is 0 Å². The molecule has 2 aromatic rings. The molecule has 1 aromatic carbocycles. The van der Waals surface area contributed by atoms with E-state index in [0.717, 1.165) is 31.2 Å². The summed E-state index contributed by atoms with van der Waals surface area (Å²) in [4.78, 5) is 20.9. The molecular formula is C16H19N3O2. The van der Waals surface area contributed by atoms with Crippen LogP contribution in [-0.2, 0) is 0 Å². The number of nitrogens with one attached hydrogen (secondary N) is 1. The second-order valence-corrected chi connectivity index (χ2v) is 5.55. The minimum atomic E-state index is -0.210. The Bertz CT molecular complexity index is 644. The molecule has 21 heavy (non-hydrogen) atoms. The first-order valence-electron chi connectivity index (χ1n) is 7.41. The van der Waals surface area contributed by atoms with E-state index < -0.39 is 0 Å². The summed E-state index contributed by atoms with van der Waals surface area (Å²) in [5.74, 6) is -0.0604. The van der Waals surface area contributed by atoms with E-state index >= 15 is 0 Å². The van der Waals surface area contributed by atoms with E-state index in [1.54, 1.807) is 0 Å². The van der Waals surface area contributed by atoms with Crippen LogP contribution in [0.15, 0.2) is 30.5 Å². The highest BCUT2D eigenvalue weighted by molar-refractivity contribution is 5.93. The molecule has 110 valence electrons. The quantitative estimate of drug-likeness (QED) is 0.903. The van der Waals surface area contributed by atoms with Gasteiger partial charge in [-0.05, 0) is 25.0 Å². The Hall–Kier alpha value is -2.01. The van der Waals surface area contributed by atoms with Crippen molar-refractivity contribution in [3.63, 3.8) is 0 Å². The minimum Gasteiger partial charge on any atom is -0.396 e. The zero-order chi connectivity index (χ0) is 14.7. The monoisotopic (exact) mass is 285 g/mol. The average Bonchev–Trinajstić information content (AvgIpc) is 2.55. The van der Waals surface area contributed by atoms with Crippen molar-refractivity contribution in [1.82, 2.24) is 15.3 Å². The molecule has 0 radical (unpaired) electrons. The first kappa shape index (κ1) is 13.9. The number of benzene rings is 1. The molecule has 1 heterocycles. The number of aliphatic hydroxyl groups excluding tert-OH is 1. The van der Waals surface area contributed by atoms with Crippen molar-refractivity contribution < 1.29 is 9.90 Å². The summed E-state index contributed by atoms with van der Waals surface area (Å²) in [6.07, 6.45) is 5.59. The summed E-state index contributed by atoms with van der Waals surface area (Å²) < 4.78 is 0. The van der Waals surface area contributed by atoms with Gasteiger partial charge < -0.3 is 10.4 Å². The Morgan fingerprint density at radius 1 is 1.24 bits per heavy atom. The van der Waals surface area contributed by atoms with Crippen LogP contribution in [0.2, 0.25) is 0 Å². The fraction of sp³-hybridized carbons (Fsp3) is 0.438. The Labute approximate surface area is 123 Å². The third-order valence-electron chi connectivity index (χ3n) is 4.14. The van der Waals surface area contributed by atoms with Crippen molar-refractivity contribution >= 4 is 16.9 Å². The maximum Gasteiger partial charge on any atom is 0.271 e. The van der Waals surface area contributed by atoms with Gasteiger partial charge in [0.25, 0.3) is 5.91 Å². The molecule has 3 rings (SSSR count). The topological polar surface area (TPSA) is 75.1 Å². The lowest BCUT2D eigenvalue weighted by Crippen LogP contribution is -2.43. The lowest BCUT2D eigenvalue weighted by molar-refractivity contribution is 0.0867. The number of carbonyl (C=O) groups is 1. The summed E-state index contributed by atoms with van der Waals surface area (Å²) in [6, 6.07) is 7.51. The molecule has 1 aliphatic carbocycles. The SMILES string of the molecule is O=C(NC1CCCCC1CO)c1cnc2ccccc2n1. The number of carbonyl (C=O) groups excluding carboxylic acids is 1. The van der Waals surface area contributed by atoms with Crippen LogP contribution < -0.4 is 5.32 Å². The lowest BCUT2D eigenvalue weighted by Gasteiger charge is -2.30. The number of amides is 1. The van der Waals surface area contributed by atoms with Crippen LogP contribution in [-0.4, -0.2) is 33.6 Å². The fourth-order valence-corrected chi connectivity index (χ4v) is 2.93. The Balaban J connectivity index is 1.76. The number of para-hydroxylation sites is 2. The van der Waals surface area contributed by atoms with Crippen LogP contribution >= 0.6 is 0 Å². The first-order chi connectivity index (χ1) is 10.3. The summed E-state index contributed by atoms with van der Waals surface area (Å²) in [5.41, 5.74) is 1.82. The van der Waals surface area contributed by atoms with E-state index in [4.69, 9.17) is 0 Å². The molecule has 1 amide bonds. The third kappa shape index (κ3) is 3.03. The Kier molecular flexibility index (Phi) is 4.10. The van der Waals surface area contributed by atoms with Crippen LogP contribution in [0.5, 0.6) is 0 Å². The number of aliphatic hydroxyl groups is 1. The zero-order valence-electron chi connectivity index (χ0n) is 11.8. The largest absolute Gasteiger partial charge is 0.396 e. The van der Waals surface area contributed by atoms with E-state index in [1.807, 2.05) is 24.3 Å². The molecule has 2 N–H and O–H groups in total. The minimum absolute atomic E-state index is 0.0320. The van der Waals surface area contributed by atoms with Crippen LogP contribution in [0.25, 0.3) is 11.0 Å². The van der Waals surface area contributed by atoms with Crippen molar-refractivity contribution in [2.24, 2.45) is 5.92 Å². The van der Waals surface area contributed by atoms with Gasteiger partial charge in [0.05, 0.1) is 17.2 Å². The van der Waals surface area contributed by atoms with Crippen LogP contribution in [0.4, 0.5) is 0 Å². The molecule has 0 aliphatic heterocycles. The predicted octanol–water partition coefficient (Wildman–Crippen LogP) is 1.91. The number of aromatic nitrogens is 2. The summed E-state index contributed by atoms with van der Waals surface area (Å²) in [7, 11) is 0. The molecule has 1 aliphatic rings. The van der Waals surface area contributed by atoms with E-state index in [0.29, 0.717) is 11.2 Å². The van der Waals surface area contributed by atoms with Gasteiger partial charge in [-0.1, -0.05) is 25.0 Å². The number of hydrogen-bond donors (Lipinski definition) is 2. The van der Waals surface area contributed by atoms with Gasteiger partial charge in [-0.3, -0.25) is 9.78 Å². The van der Waals surface area contributed by atoms with E-state index in [1.165, 1.54) is 6.20 Å². The second-order valence-electron chi connectivity index (χ2n) is 5.55. The maximum atomic E-state index is 12.3. The number of rotatable bonds is 3. The Morgan fingerprint density at radius 2 is 2.00 bits per heavy atom. The van der Waals surface area contributed by atoms with Gasteiger partial charge in [0.15, 0.2) is 0 Å². The zero-order valence-corrected chi connectivity index (χ0v) is 11.8. The molecule has 2 unspecified atom stereocenters. The molecule has 0 spiro atoms. The molecule has 1 saturated carbocycles. The predicted molar refractivity (Wildman–Crippen MR) is 79.8 cm³/mol. The van der Waals surface area contributed by atoms with Crippen LogP contribution in [0, 0.1) is 5.92 Å². The highest BCUT2D eigenvalue weighted by atomic mass is 16.3. The molecule has 5 nitrogen and oxygen atoms in total. The number of fused-ring (bicyclic) bond motifs is 1. The third-order valence-corrected chi connectivity index (χ3v) is 4.14. The maximum absolute atomic E-state index is 12.3. The molecular weight excluding hydrogens is 266 g/mol. The fourth-order valence-electron chi connectivity index (χ4n) is 2.93. The molecule has 2 atom stereocenters. The van der Waals surface area contributed by atoms with Crippen LogP contribution in [0.1, 0.15) is 36.2 Å². The number of hydrogen-bond acceptors (Lipinski definition) is 4. The van der Waals surface area contributed by atoms with E-state index in [2.05, 4.69) is 15.3 Å². The summed E-state index contributed by atoms with van der Waals surface area (Å²) in [6.45, 7) is 0.119. The normalized spacial score (nSPS) is 22.1. The van der Waals surface area contributed by atoms with Crippen molar-refractivity contribution in [2.75, 3.05) is 6.61 Å². The van der Waals surface area contributed by atoms with Gasteiger partial charge in [0.1, 0.15) is 5.69 Å². The van der Waals surface area contributed by atoms with Crippen molar-refractivity contribution in [2.45, 2.75) is 31.7 Å². The van der Waals surface area contributed by atoms with Crippen LogP contribution in [0.3, 0.4) is 0 Å². The summed E-state index contributed by atoms with van der Waals surface area (Å²) >= 11 is 0. The first-order valence-corrected chi connectivity index (χ1v) is 7.41. The molecule has 0 bridgehead atoms. The molecule has 1 aromatic heterocycles.